The van der Waals surface area contributed by atoms with Crippen molar-refractivity contribution in [3.8, 4) is 0 Å². The van der Waals surface area contributed by atoms with Crippen LogP contribution in [0.25, 0.3) is 0 Å². The van der Waals surface area contributed by atoms with Crippen molar-refractivity contribution in [2.24, 2.45) is 0 Å². The van der Waals surface area contributed by atoms with Gasteiger partial charge in [-0.05, 0) is 33.4 Å². The fourth-order valence-corrected chi connectivity index (χ4v) is 4.88. The number of hydrogen-bond acceptors (Lipinski definition) is 4. The summed E-state index contributed by atoms with van der Waals surface area (Å²) in [4.78, 5) is 10.7. The maximum absolute atomic E-state index is 2.78. The predicted molar refractivity (Wildman–Crippen MR) is 77.4 cm³/mol. The molecule has 5 aliphatic heterocycles. The second-order valence-corrected chi connectivity index (χ2v) is 7.30. The molecule has 4 nitrogen and oxygen atoms in total. The maximum atomic E-state index is 2.78. The Morgan fingerprint density at radius 1 is 0.684 bits per heavy atom. The van der Waals surface area contributed by atoms with Crippen LogP contribution in [0, 0.1) is 0 Å². The number of likely N-dealkylation sites (tertiary alicyclic amines) is 2. The van der Waals surface area contributed by atoms with Gasteiger partial charge in [0.25, 0.3) is 0 Å². The Labute approximate surface area is 117 Å². The lowest BCUT2D eigenvalue weighted by molar-refractivity contribution is -0.0127. The third kappa shape index (κ3) is 2.13. The highest BCUT2D eigenvalue weighted by atomic mass is 15.4. The molecule has 0 aromatic carbocycles. The molecule has 5 aliphatic rings. The van der Waals surface area contributed by atoms with Crippen molar-refractivity contribution in [1.82, 2.24) is 19.6 Å². The summed E-state index contributed by atoms with van der Waals surface area (Å²) in [6, 6.07) is 3.40. The van der Waals surface area contributed by atoms with Crippen LogP contribution in [0.1, 0.15) is 19.3 Å². The molecule has 0 aromatic heterocycles. The molecule has 4 unspecified atom stereocenters. The smallest absolute Gasteiger partial charge is 0.0239 e. The number of piperazine rings is 2. The van der Waals surface area contributed by atoms with E-state index in [0.29, 0.717) is 0 Å². The average Bonchev–Trinajstić information content (AvgIpc) is 2.96. The van der Waals surface area contributed by atoms with Gasteiger partial charge >= 0.3 is 0 Å². The highest BCUT2D eigenvalue weighted by Gasteiger charge is 2.42. The summed E-state index contributed by atoms with van der Waals surface area (Å²) in [5.74, 6) is 0. The number of likely N-dealkylation sites (N-methyl/N-ethyl adjacent to an activating group) is 2. The lowest BCUT2D eigenvalue weighted by Crippen LogP contribution is -2.62. The molecule has 0 spiro atoms. The fraction of sp³-hybridized carbons (Fsp3) is 1.00. The Balaban J connectivity index is 1.30. The minimum absolute atomic E-state index is 0.839. The van der Waals surface area contributed by atoms with Crippen molar-refractivity contribution < 1.29 is 0 Å². The zero-order valence-electron chi connectivity index (χ0n) is 12.5. The van der Waals surface area contributed by atoms with Crippen LogP contribution in [-0.2, 0) is 0 Å². The molecule has 108 valence electrons. The number of rotatable bonds is 3. The summed E-state index contributed by atoms with van der Waals surface area (Å²) in [7, 11) is 4.60. The molecular formula is C15H28N4. The first kappa shape index (κ1) is 12.6. The van der Waals surface area contributed by atoms with Gasteiger partial charge in [0, 0.05) is 63.4 Å². The molecular weight excluding hydrogens is 236 g/mol. The van der Waals surface area contributed by atoms with Crippen molar-refractivity contribution in [2.45, 2.75) is 43.4 Å². The van der Waals surface area contributed by atoms with Gasteiger partial charge in [0.2, 0.25) is 0 Å². The monoisotopic (exact) mass is 264 g/mol. The van der Waals surface area contributed by atoms with E-state index in [1.165, 1.54) is 58.5 Å². The molecule has 5 saturated heterocycles. The van der Waals surface area contributed by atoms with E-state index in [2.05, 4.69) is 33.7 Å². The van der Waals surface area contributed by atoms with Crippen molar-refractivity contribution in [1.29, 1.82) is 0 Å². The molecule has 4 atom stereocenters. The van der Waals surface area contributed by atoms with Crippen LogP contribution in [0.4, 0.5) is 0 Å². The van der Waals surface area contributed by atoms with Gasteiger partial charge in [-0.1, -0.05) is 0 Å². The van der Waals surface area contributed by atoms with Gasteiger partial charge in [0.1, 0.15) is 0 Å². The summed E-state index contributed by atoms with van der Waals surface area (Å²) in [5, 5.41) is 0. The van der Waals surface area contributed by atoms with Gasteiger partial charge in [-0.15, -0.1) is 0 Å². The first-order valence-corrected chi connectivity index (χ1v) is 8.09. The van der Waals surface area contributed by atoms with E-state index >= 15 is 0 Å². The lowest BCUT2D eigenvalue weighted by atomic mass is 9.91. The van der Waals surface area contributed by atoms with Gasteiger partial charge in [0.15, 0.2) is 0 Å². The Morgan fingerprint density at radius 3 is 1.79 bits per heavy atom. The Kier molecular flexibility index (Phi) is 3.10. The van der Waals surface area contributed by atoms with Crippen LogP contribution in [0.5, 0.6) is 0 Å². The molecule has 5 rings (SSSR count). The first-order chi connectivity index (χ1) is 9.20. The van der Waals surface area contributed by atoms with Crippen LogP contribution >= 0.6 is 0 Å². The number of piperidine rings is 2. The molecule has 5 heterocycles. The number of fused-ring (bicyclic) bond motifs is 5. The van der Waals surface area contributed by atoms with Crippen LogP contribution in [0.3, 0.4) is 0 Å². The molecule has 0 amide bonds. The van der Waals surface area contributed by atoms with E-state index in [-0.39, 0.29) is 0 Å². The molecule has 4 bridgehead atoms. The third-order valence-corrected chi connectivity index (χ3v) is 6.22. The molecule has 0 aliphatic carbocycles. The van der Waals surface area contributed by atoms with Crippen LogP contribution in [0.15, 0.2) is 0 Å². The number of hydrogen-bond donors (Lipinski definition) is 0. The number of nitrogens with zero attached hydrogens (tertiary/aromatic N) is 4. The summed E-state index contributed by atoms with van der Waals surface area (Å²) in [5.41, 5.74) is 0. The van der Waals surface area contributed by atoms with E-state index in [0.717, 1.165) is 24.2 Å². The van der Waals surface area contributed by atoms with Gasteiger partial charge in [-0.2, -0.15) is 0 Å². The second kappa shape index (κ2) is 4.69. The van der Waals surface area contributed by atoms with Crippen LogP contribution < -0.4 is 0 Å². The molecule has 19 heavy (non-hydrogen) atoms. The fourth-order valence-electron chi connectivity index (χ4n) is 4.88. The Morgan fingerprint density at radius 2 is 1.26 bits per heavy atom. The van der Waals surface area contributed by atoms with Gasteiger partial charge < -0.3 is 9.80 Å². The zero-order valence-corrected chi connectivity index (χ0v) is 12.5. The Hall–Kier alpha value is -0.160. The minimum Gasteiger partial charge on any atom is -0.301 e. The predicted octanol–water partition coefficient (Wildman–Crippen LogP) is 0.153. The van der Waals surface area contributed by atoms with Crippen LogP contribution in [-0.4, -0.2) is 97.1 Å². The molecule has 5 fully saturated rings. The maximum Gasteiger partial charge on any atom is 0.0239 e. The first-order valence-electron chi connectivity index (χ1n) is 8.09. The largest absolute Gasteiger partial charge is 0.301 e. The van der Waals surface area contributed by atoms with E-state index in [4.69, 9.17) is 0 Å². The van der Waals surface area contributed by atoms with Gasteiger partial charge in [0.05, 0.1) is 0 Å². The average molecular weight is 264 g/mol. The third-order valence-electron chi connectivity index (χ3n) is 6.22. The van der Waals surface area contributed by atoms with Crippen LogP contribution in [0.2, 0.25) is 0 Å². The highest BCUT2D eigenvalue weighted by Crippen LogP contribution is 2.30. The molecule has 4 heteroatoms. The summed E-state index contributed by atoms with van der Waals surface area (Å²) in [6.07, 6.45) is 4.28. The lowest BCUT2D eigenvalue weighted by Gasteiger charge is -2.50. The standard InChI is InChI=1S/C15H28N4/c1-16-8-13-4-3-12(16)10-18(13)5-6-19-11-14-7-15(19)9-17(14)2/h12-15H,3-11H2,1-2H3. The summed E-state index contributed by atoms with van der Waals surface area (Å²) in [6.45, 7) is 7.87. The normalized spacial score (nSPS) is 44.5. The highest BCUT2D eigenvalue weighted by molar-refractivity contribution is 4.99. The van der Waals surface area contributed by atoms with E-state index in [9.17, 15) is 0 Å². The van der Waals surface area contributed by atoms with Gasteiger partial charge in [-0.25, -0.2) is 0 Å². The molecule has 0 radical (unpaired) electrons. The van der Waals surface area contributed by atoms with Crippen molar-refractivity contribution in [3.05, 3.63) is 0 Å². The van der Waals surface area contributed by atoms with Crippen molar-refractivity contribution >= 4 is 0 Å². The SMILES string of the molecule is CN1CC2CCC1CN2CCN1CC2CC1CN2C. The van der Waals surface area contributed by atoms with Crippen molar-refractivity contribution in [3.63, 3.8) is 0 Å². The Bertz CT molecular complexity index is 345. The molecule has 0 aromatic rings. The minimum atomic E-state index is 0.839. The zero-order chi connectivity index (χ0) is 13.0. The van der Waals surface area contributed by atoms with E-state index in [1.807, 2.05) is 0 Å². The molecule has 0 saturated carbocycles. The summed E-state index contributed by atoms with van der Waals surface area (Å²) >= 11 is 0. The topological polar surface area (TPSA) is 13.0 Å². The molecule has 0 N–H and O–H groups in total. The quantitative estimate of drug-likeness (QED) is 0.719. The summed E-state index contributed by atoms with van der Waals surface area (Å²) < 4.78 is 0. The van der Waals surface area contributed by atoms with Gasteiger partial charge in [-0.3, -0.25) is 9.80 Å². The van der Waals surface area contributed by atoms with E-state index in [1.54, 1.807) is 0 Å². The second-order valence-electron chi connectivity index (χ2n) is 7.30. The van der Waals surface area contributed by atoms with E-state index < -0.39 is 0 Å². The van der Waals surface area contributed by atoms with Crippen molar-refractivity contribution in [2.75, 3.05) is 53.4 Å².